The number of thioether (sulfide) groups is 1. The van der Waals surface area contributed by atoms with Crippen molar-refractivity contribution in [2.75, 3.05) is 5.75 Å². The van der Waals surface area contributed by atoms with Gasteiger partial charge >= 0.3 is 5.97 Å². The molecule has 4 heteroatoms. The predicted octanol–water partition coefficient (Wildman–Crippen LogP) is 1.61. The van der Waals surface area contributed by atoms with Gasteiger partial charge in [-0.3, -0.25) is 4.79 Å². The smallest absolute Gasteiger partial charge is 0.306 e. The Bertz CT molecular complexity index is 287. The molecule has 3 nitrogen and oxygen atoms in total. The third kappa shape index (κ3) is 4.30. The van der Waals surface area contributed by atoms with Crippen LogP contribution in [0.1, 0.15) is 6.42 Å². The number of aliphatic hydroxyl groups excluding tert-OH is 1. The molecule has 0 aromatic heterocycles. The zero-order valence-corrected chi connectivity index (χ0v) is 8.41. The summed E-state index contributed by atoms with van der Waals surface area (Å²) in [6, 6.07) is 9.59. The molecule has 0 aliphatic carbocycles. The van der Waals surface area contributed by atoms with Crippen molar-refractivity contribution in [3.05, 3.63) is 30.3 Å². The van der Waals surface area contributed by atoms with Gasteiger partial charge in [-0.15, -0.1) is 11.8 Å². The van der Waals surface area contributed by atoms with E-state index in [1.54, 1.807) is 0 Å². The van der Waals surface area contributed by atoms with Crippen molar-refractivity contribution in [2.24, 2.45) is 0 Å². The van der Waals surface area contributed by atoms with Crippen LogP contribution in [-0.2, 0) is 4.79 Å². The normalized spacial score (nSPS) is 12.4. The van der Waals surface area contributed by atoms with E-state index in [4.69, 9.17) is 5.11 Å². The highest BCUT2D eigenvalue weighted by Crippen LogP contribution is 2.18. The number of carbonyl (C=O) groups is 1. The first-order chi connectivity index (χ1) is 6.68. The maximum atomic E-state index is 10.3. The lowest BCUT2D eigenvalue weighted by molar-refractivity contribution is -0.138. The molecule has 0 spiro atoms. The summed E-state index contributed by atoms with van der Waals surface area (Å²) in [6.45, 7) is 0. The Morgan fingerprint density at radius 3 is 2.57 bits per heavy atom. The number of aliphatic carboxylic acids is 1. The molecule has 1 aromatic rings. The van der Waals surface area contributed by atoms with Crippen molar-refractivity contribution in [3.8, 4) is 0 Å². The number of aliphatic hydroxyl groups is 1. The maximum Gasteiger partial charge on any atom is 0.306 e. The zero-order valence-electron chi connectivity index (χ0n) is 7.59. The second-order valence-corrected chi connectivity index (χ2v) is 3.97. The van der Waals surface area contributed by atoms with Crippen LogP contribution in [0.5, 0.6) is 0 Å². The highest BCUT2D eigenvalue weighted by Gasteiger charge is 2.09. The monoisotopic (exact) mass is 212 g/mol. The fraction of sp³-hybridized carbons (Fsp3) is 0.300. The minimum atomic E-state index is -0.967. The minimum Gasteiger partial charge on any atom is -0.481 e. The van der Waals surface area contributed by atoms with Crippen LogP contribution in [0.15, 0.2) is 35.2 Å². The number of carboxylic acid groups (broad SMARTS) is 1. The first-order valence-corrected chi connectivity index (χ1v) is 5.25. The predicted molar refractivity (Wildman–Crippen MR) is 55.4 cm³/mol. The molecule has 0 amide bonds. The van der Waals surface area contributed by atoms with E-state index in [0.29, 0.717) is 5.75 Å². The highest BCUT2D eigenvalue weighted by molar-refractivity contribution is 7.99. The van der Waals surface area contributed by atoms with Gasteiger partial charge in [0.1, 0.15) is 0 Å². The van der Waals surface area contributed by atoms with Crippen molar-refractivity contribution in [1.29, 1.82) is 0 Å². The lowest BCUT2D eigenvalue weighted by Gasteiger charge is -2.06. The second-order valence-electron chi connectivity index (χ2n) is 2.88. The van der Waals surface area contributed by atoms with Gasteiger partial charge in [0, 0.05) is 10.6 Å². The number of hydrogen-bond donors (Lipinski definition) is 2. The van der Waals surface area contributed by atoms with Crippen molar-refractivity contribution in [2.45, 2.75) is 17.4 Å². The van der Waals surface area contributed by atoms with Crippen molar-refractivity contribution >= 4 is 17.7 Å². The average molecular weight is 212 g/mol. The van der Waals surface area contributed by atoms with E-state index in [0.717, 1.165) is 4.90 Å². The average Bonchev–Trinajstić information content (AvgIpc) is 2.15. The van der Waals surface area contributed by atoms with Crippen LogP contribution < -0.4 is 0 Å². The molecular weight excluding hydrogens is 200 g/mol. The van der Waals surface area contributed by atoms with Crippen LogP contribution in [0.25, 0.3) is 0 Å². The molecule has 1 atom stereocenters. The summed E-state index contributed by atoms with van der Waals surface area (Å²) in [5, 5.41) is 17.7. The molecule has 0 fully saturated rings. The summed E-state index contributed by atoms with van der Waals surface area (Å²) in [4.78, 5) is 11.3. The Morgan fingerprint density at radius 2 is 2.00 bits per heavy atom. The Hall–Kier alpha value is -1.00. The molecule has 0 aliphatic rings. The van der Waals surface area contributed by atoms with Crippen LogP contribution >= 0.6 is 11.8 Å². The van der Waals surface area contributed by atoms with Crippen LogP contribution in [0.4, 0.5) is 0 Å². The third-order valence-electron chi connectivity index (χ3n) is 1.60. The molecule has 0 bridgehead atoms. The van der Waals surface area contributed by atoms with Gasteiger partial charge in [-0.05, 0) is 12.1 Å². The van der Waals surface area contributed by atoms with Gasteiger partial charge < -0.3 is 10.2 Å². The van der Waals surface area contributed by atoms with E-state index in [-0.39, 0.29) is 6.42 Å². The van der Waals surface area contributed by atoms with E-state index in [1.165, 1.54) is 11.8 Å². The summed E-state index contributed by atoms with van der Waals surface area (Å²) >= 11 is 1.46. The van der Waals surface area contributed by atoms with Crippen LogP contribution in [0.2, 0.25) is 0 Å². The first-order valence-electron chi connectivity index (χ1n) is 4.26. The molecule has 0 saturated heterocycles. The molecule has 0 heterocycles. The number of rotatable bonds is 5. The molecule has 1 unspecified atom stereocenters. The summed E-state index contributed by atoms with van der Waals surface area (Å²) in [5.74, 6) is -0.554. The van der Waals surface area contributed by atoms with Crippen LogP contribution in [-0.4, -0.2) is 28.0 Å². The Kier molecular flexibility index (Phi) is 4.49. The molecule has 0 saturated carbocycles. The van der Waals surface area contributed by atoms with Crippen LogP contribution in [0.3, 0.4) is 0 Å². The Labute approximate surface area is 86.8 Å². The standard InChI is InChI=1S/C10H12O3S/c11-8(6-10(12)13)7-14-9-4-2-1-3-5-9/h1-5,8,11H,6-7H2,(H,12,13). The van der Waals surface area contributed by atoms with Gasteiger partial charge in [0.05, 0.1) is 12.5 Å². The fourth-order valence-electron chi connectivity index (χ4n) is 0.970. The lowest BCUT2D eigenvalue weighted by Crippen LogP contribution is -2.15. The molecule has 2 N–H and O–H groups in total. The minimum absolute atomic E-state index is 0.195. The maximum absolute atomic E-state index is 10.3. The van der Waals surface area contributed by atoms with Gasteiger partial charge in [-0.25, -0.2) is 0 Å². The summed E-state index contributed by atoms with van der Waals surface area (Å²) in [5.41, 5.74) is 0. The zero-order chi connectivity index (χ0) is 10.4. The summed E-state index contributed by atoms with van der Waals surface area (Å²) < 4.78 is 0. The Balaban J connectivity index is 2.30. The second kappa shape index (κ2) is 5.67. The summed E-state index contributed by atoms with van der Waals surface area (Å²) in [7, 11) is 0. The quantitative estimate of drug-likeness (QED) is 0.728. The number of carboxylic acids is 1. The molecule has 1 rings (SSSR count). The Morgan fingerprint density at radius 1 is 1.36 bits per heavy atom. The topological polar surface area (TPSA) is 57.5 Å². The fourth-order valence-corrected chi connectivity index (χ4v) is 1.82. The third-order valence-corrected chi connectivity index (χ3v) is 2.75. The van der Waals surface area contributed by atoms with E-state index in [2.05, 4.69) is 0 Å². The van der Waals surface area contributed by atoms with E-state index < -0.39 is 12.1 Å². The molecule has 1 aromatic carbocycles. The van der Waals surface area contributed by atoms with E-state index >= 15 is 0 Å². The van der Waals surface area contributed by atoms with Crippen molar-refractivity contribution in [1.82, 2.24) is 0 Å². The SMILES string of the molecule is O=C(O)CC(O)CSc1ccccc1. The first kappa shape index (κ1) is 11.1. The molecular formula is C10H12O3S. The summed E-state index contributed by atoms with van der Waals surface area (Å²) in [6.07, 6.45) is -0.975. The van der Waals surface area contributed by atoms with Crippen molar-refractivity contribution in [3.63, 3.8) is 0 Å². The van der Waals surface area contributed by atoms with Gasteiger partial charge in [-0.1, -0.05) is 18.2 Å². The molecule has 76 valence electrons. The molecule has 0 radical (unpaired) electrons. The lowest BCUT2D eigenvalue weighted by atomic mass is 10.3. The largest absolute Gasteiger partial charge is 0.481 e. The van der Waals surface area contributed by atoms with Crippen LogP contribution in [0, 0.1) is 0 Å². The van der Waals surface area contributed by atoms with E-state index in [9.17, 15) is 9.90 Å². The number of hydrogen-bond acceptors (Lipinski definition) is 3. The molecule has 14 heavy (non-hydrogen) atoms. The van der Waals surface area contributed by atoms with Crippen molar-refractivity contribution < 1.29 is 15.0 Å². The molecule has 0 aliphatic heterocycles. The van der Waals surface area contributed by atoms with Gasteiger partial charge in [0.25, 0.3) is 0 Å². The van der Waals surface area contributed by atoms with Gasteiger partial charge in [0.15, 0.2) is 0 Å². The van der Waals surface area contributed by atoms with Gasteiger partial charge in [-0.2, -0.15) is 0 Å². The van der Waals surface area contributed by atoms with Gasteiger partial charge in [0.2, 0.25) is 0 Å². The number of benzene rings is 1. The highest BCUT2D eigenvalue weighted by atomic mass is 32.2. The van der Waals surface area contributed by atoms with E-state index in [1.807, 2.05) is 30.3 Å².